The Bertz CT molecular complexity index is 1160. The van der Waals surface area contributed by atoms with Gasteiger partial charge in [-0.1, -0.05) is 12.6 Å². The van der Waals surface area contributed by atoms with Crippen molar-refractivity contribution in [1.29, 1.82) is 0 Å². The summed E-state index contributed by atoms with van der Waals surface area (Å²) in [4.78, 5) is 15.9. The number of rotatable bonds is 4. The van der Waals surface area contributed by atoms with Crippen LogP contribution in [-0.2, 0) is 4.79 Å². The van der Waals surface area contributed by atoms with E-state index in [1.807, 2.05) is 34.0 Å². The van der Waals surface area contributed by atoms with E-state index in [4.69, 9.17) is 0 Å². The summed E-state index contributed by atoms with van der Waals surface area (Å²) in [6.07, 6.45) is 0. The molecule has 1 N–H and O–H groups in total. The Kier molecular flexibility index (Phi) is 3.41. The first-order chi connectivity index (χ1) is 12.3. The number of amides is 1. The van der Waals surface area contributed by atoms with Crippen molar-refractivity contribution in [2.75, 3.05) is 11.4 Å². The summed E-state index contributed by atoms with van der Waals surface area (Å²) in [7, 11) is 0. The molecule has 2 aromatic heterocycles. The lowest BCUT2D eigenvalue weighted by molar-refractivity contribution is -0.115. The second-order valence-corrected chi connectivity index (χ2v) is 6.82. The van der Waals surface area contributed by atoms with Crippen molar-refractivity contribution in [3.05, 3.63) is 53.6 Å². The molecule has 6 heteroatoms. The van der Waals surface area contributed by atoms with Crippen LogP contribution in [0.3, 0.4) is 0 Å². The number of carbonyl (C=O) groups is 1. The standard InChI is InChI=1S/C20H22N4O2/c1-6-21(20(26)12(2)3)16-11-19(25)18(10-14(16)5)24-22-15-8-7-13(4)9-17(15)23(22)24/h7-11,25H,2,6H2,1,3-5H3. The van der Waals surface area contributed by atoms with Crippen molar-refractivity contribution in [2.24, 2.45) is 0 Å². The number of benzene rings is 2. The second kappa shape index (κ2) is 5.42. The number of aryl methyl sites for hydroxylation is 2. The zero-order chi connectivity index (χ0) is 18.7. The van der Waals surface area contributed by atoms with Crippen molar-refractivity contribution in [2.45, 2.75) is 27.7 Å². The number of phenols is 1. The van der Waals surface area contributed by atoms with Crippen LogP contribution in [0.15, 0.2) is 42.5 Å². The molecule has 0 aliphatic carbocycles. The Balaban J connectivity index is 1.79. The number of hydrogen-bond donors (Lipinski definition) is 1. The average Bonchev–Trinajstić information content (AvgIpc) is 3.25. The van der Waals surface area contributed by atoms with Gasteiger partial charge in [0.2, 0.25) is 0 Å². The number of aromatic nitrogens is 3. The molecule has 0 aliphatic rings. The Morgan fingerprint density at radius 2 is 1.85 bits per heavy atom. The number of hydrogen-bond acceptors (Lipinski definition) is 2. The van der Waals surface area contributed by atoms with Gasteiger partial charge in [0.15, 0.2) is 0 Å². The van der Waals surface area contributed by atoms with E-state index in [-0.39, 0.29) is 11.7 Å². The van der Waals surface area contributed by atoms with Crippen LogP contribution < -0.4 is 4.90 Å². The van der Waals surface area contributed by atoms with Crippen LogP contribution in [-0.4, -0.2) is 31.6 Å². The molecular weight excluding hydrogens is 328 g/mol. The zero-order valence-corrected chi connectivity index (χ0v) is 15.4. The lowest BCUT2D eigenvalue weighted by atomic mass is 10.1. The van der Waals surface area contributed by atoms with Crippen LogP contribution in [0.4, 0.5) is 5.69 Å². The maximum absolute atomic E-state index is 12.4. The van der Waals surface area contributed by atoms with Gasteiger partial charge in [-0.25, -0.2) is 0 Å². The largest absolute Gasteiger partial charge is 0.506 e. The van der Waals surface area contributed by atoms with Crippen molar-refractivity contribution in [1.82, 2.24) is 14.1 Å². The molecule has 4 aromatic rings. The smallest absolute Gasteiger partial charge is 0.253 e. The lowest BCUT2D eigenvalue weighted by Crippen LogP contribution is -2.31. The highest BCUT2D eigenvalue weighted by Crippen LogP contribution is 2.35. The molecule has 2 aromatic carbocycles. The van der Waals surface area contributed by atoms with Crippen LogP contribution in [0.1, 0.15) is 25.0 Å². The second-order valence-electron chi connectivity index (χ2n) is 6.82. The third kappa shape index (κ3) is 2.15. The summed E-state index contributed by atoms with van der Waals surface area (Å²) in [6.45, 7) is 11.9. The summed E-state index contributed by atoms with van der Waals surface area (Å²) in [5, 5.41) is 10.6. The molecule has 26 heavy (non-hydrogen) atoms. The van der Waals surface area contributed by atoms with Gasteiger partial charge in [0.05, 0.1) is 5.69 Å². The molecule has 1 amide bonds. The van der Waals surface area contributed by atoms with E-state index < -0.39 is 0 Å². The summed E-state index contributed by atoms with van der Waals surface area (Å²) < 4.78 is 4.01. The number of phenolic OH excluding ortho intramolecular Hbond substituents is 1. The predicted molar refractivity (Wildman–Crippen MR) is 103 cm³/mol. The summed E-state index contributed by atoms with van der Waals surface area (Å²) in [5.41, 5.74) is 6.23. The topological polar surface area (TPSA) is 54.3 Å². The highest BCUT2D eigenvalue weighted by molar-refractivity contribution is 6.05. The fraction of sp³-hybridized carbons (Fsp3) is 0.250. The molecule has 6 nitrogen and oxygen atoms in total. The van der Waals surface area contributed by atoms with Crippen molar-refractivity contribution < 1.29 is 9.90 Å². The highest BCUT2D eigenvalue weighted by atomic mass is 16.3. The molecule has 0 radical (unpaired) electrons. The predicted octanol–water partition coefficient (Wildman–Crippen LogP) is 3.67. The molecule has 0 fully saturated rings. The van der Waals surface area contributed by atoms with Crippen molar-refractivity contribution in [3.63, 3.8) is 0 Å². The van der Waals surface area contributed by atoms with Crippen LogP contribution in [0.2, 0.25) is 0 Å². The monoisotopic (exact) mass is 350 g/mol. The number of likely N-dealkylation sites (N-methyl/N-ethyl adjacent to an activating group) is 1. The van der Waals surface area contributed by atoms with Gasteiger partial charge in [0, 0.05) is 18.2 Å². The summed E-state index contributed by atoms with van der Waals surface area (Å²) >= 11 is 0. The fourth-order valence-electron chi connectivity index (χ4n) is 3.43. The van der Waals surface area contributed by atoms with E-state index >= 15 is 0 Å². The van der Waals surface area contributed by atoms with Gasteiger partial charge in [-0.3, -0.25) is 4.79 Å². The Morgan fingerprint density at radius 1 is 1.15 bits per heavy atom. The number of anilines is 1. The fourth-order valence-corrected chi connectivity index (χ4v) is 3.43. The van der Waals surface area contributed by atoms with Crippen molar-refractivity contribution >= 4 is 22.6 Å². The molecule has 0 saturated heterocycles. The molecule has 134 valence electrons. The van der Waals surface area contributed by atoms with E-state index in [2.05, 4.69) is 31.7 Å². The van der Waals surface area contributed by atoms with Gasteiger partial charge >= 0.3 is 0 Å². The van der Waals surface area contributed by atoms with Crippen molar-refractivity contribution in [3.8, 4) is 11.4 Å². The lowest BCUT2D eigenvalue weighted by Gasteiger charge is -2.23. The van der Waals surface area contributed by atoms with Crippen LogP contribution in [0.5, 0.6) is 5.75 Å². The molecule has 0 saturated carbocycles. The first-order valence-electron chi connectivity index (χ1n) is 8.67. The molecule has 0 atom stereocenters. The minimum atomic E-state index is -0.134. The first kappa shape index (κ1) is 16.3. The average molecular weight is 350 g/mol. The normalized spacial score (nSPS) is 11.7. The third-order valence-electron chi connectivity index (χ3n) is 4.80. The van der Waals surface area contributed by atoms with Crippen LogP contribution in [0.25, 0.3) is 16.7 Å². The first-order valence-corrected chi connectivity index (χ1v) is 8.67. The third-order valence-corrected chi connectivity index (χ3v) is 4.80. The Labute approximate surface area is 151 Å². The molecule has 0 aliphatic heterocycles. The molecule has 2 heterocycles. The Morgan fingerprint density at radius 3 is 2.50 bits per heavy atom. The van der Waals surface area contributed by atoms with Gasteiger partial charge in [-0.2, -0.15) is 0 Å². The zero-order valence-electron chi connectivity index (χ0n) is 15.4. The quantitative estimate of drug-likeness (QED) is 0.571. The van der Waals surface area contributed by atoms with E-state index in [1.54, 1.807) is 17.9 Å². The Hall–Kier alpha value is -3.15. The highest BCUT2D eigenvalue weighted by Gasteiger charge is 2.27. The minimum Gasteiger partial charge on any atom is -0.506 e. The minimum absolute atomic E-state index is 0.134. The van der Waals surface area contributed by atoms with Crippen LogP contribution >= 0.6 is 0 Å². The van der Waals surface area contributed by atoms with E-state index in [9.17, 15) is 9.90 Å². The molecule has 0 bridgehead atoms. The SMILES string of the molecule is C=C(C)C(=O)N(CC)c1cc(O)c(-n2n3c4ccc(C)cc4n23)cc1C. The maximum Gasteiger partial charge on any atom is 0.253 e. The van der Waals surface area contributed by atoms with E-state index in [0.29, 0.717) is 23.5 Å². The number of carbonyl (C=O) groups excluding carboxylic acids is 1. The molecule has 0 unspecified atom stereocenters. The van der Waals surface area contributed by atoms with Gasteiger partial charge in [-0.15, -0.1) is 14.1 Å². The summed E-state index contributed by atoms with van der Waals surface area (Å²) in [6, 6.07) is 9.83. The van der Waals surface area contributed by atoms with E-state index in [1.165, 1.54) is 5.56 Å². The van der Waals surface area contributed by atoms with E-state index in [0.717, 1.165) is 16.6 Å². The van der Waals surface area contributed by atoms with Gasteiger partial charge in [0.1, 0.15) is 22.5 Å². The summed E-state index contributed by atoms with van der Waals surface area (Å²) in [5.74, 6) is 0.000483. The number of fused-ring (bicyclic) bond motifs is 4. The number of aromatic hydroxyl groups is 1. The van der Waals surface area contributed by atoms with Crippen LogP contribution in [0, 0.1) is 13.8 Å². The molecule has 0 spiro atoms. The molecule has 4 rings (SSSR count). The number of nitrogens with zero attached hydrogens (tertiary/aromatic N) is 4. The van der Waals surface area contributed by atoms with Gasteiger partial charge in [-0.05, 0) is 57.0 Å². The maximum atomic E-state index is 12.4. The van der Waals surface area contributed by atoms with Gasteiger partial charge < -0.3 is 10.0 Å². The van der Waals surface area contributed by atoms with Gasteiger partial charge in [0.25, 0.3) is 5.91 Å². The molecular formula is C20H22N4O2.